The molecule has 0 bridgehead atoms. The van der Waals surface area contributed by atoms with Gasteiger partial charge in [-0.1, -0.05) is 0 Å². The van der Waals surface area contributed by atoms with Crippen LogP contribution in [0.3, 0.4) is 0 Å². The van der Waals surface area contributed by atoms with E-state index in [4.69, 9.17) is 10.1 Å². The molecule has 0 unspecified atom stereocenters. The second-order valence-corrected chi connectivity index (χ2v) is 3.94. The van der Waals surface area contributed by atoms with Gasteiger partial charge in [-0.25, -0.2) is 0 Å². The zero-order chi connectivity index (χ0) is 13.0. The van der Waals surface area contributed by atoms with Crippen molar-refractivity contribution in [3.8, 4) is 11.8 Å². The van der Waals surface area contributed by atoms with Crippen LogP contribution in [0.2, 0.25) is 0 Å². The van der Waals surface area contributed by atoms with Gasteiger partial charge < -0.3 is 4.84 Å². The number of hydrogen-bond acceptors (Lipinski definition) is 4. The highest BCUT2D eigenvalue weighted by atomic mass is 16.7. The van der Waals surface area contributed by atoms with Crippen LogP contribution in [0.15, 0.2) is 24.3 Å². The van der Waals surface area contributed by atoms with Crippen molar-refractivity contribution in [1.82, 2.24) is 5.06 Å². The number of rotatable bonds is 5. The monoisotopic (exact) mass is 244 g/mol. The summed E-state index contributed by atoms with van der Waals surface area (Å²) in [6.45, 7) is 0.599. The molecule has 0 radical (unpaired) electrons. The Morgan fingerprint density at radius 1 is 1.39 bits per heavy atom. The first-order valence-electron chi connectivity index (χ1n) is 5.69. The van der Waals surface area contributed by atoms with Crippen LogP contribution in [0.25, 0.3) is 0 Å². The van der Waals surface area contributed by atoms with Crippen molar-refractivity contribution in [1.29, 1.82) is 5.26 Å². The molecule has 5 nitrogen and oxygen atoms in total. The van der Waals surface area contributed by atoms with E-state index in [2.05, 4.69) is 0 Å². The van der Waals surface area contributed by atoms with Gasteiger partial charge in [0.15, 0.2) is 11.5 Å². The first-order valence-corrected chi connectivity index (χ1v) is 5.69. The number of carbonyl (C=O) groups is 2. The number of ketones is 1. The van der Waals surface area contributed by atoms with Crippen molar-refractivity contribution < 1.29 is 14.4 Å². The summed E-state index contributed by atoms with van der Waals surface area (Å²) in [6, 6.07) is 8.50. The highest BCUT2D eigenvalue weighted by Gasteiger charge is 2.25. The summed E-state index contributed by atoms with van der Waals surface area (Å²) in [5.74, 6) is 0.423. The molecule has 1 saturated heterocycles. The van der Waals surface area contributed by atoms with Crippen LogP contribution in [-0.4, -0.2) is 23.3 Å². The first-order chi connectivity index (χ1) is 8.70. The molecule has 5 heteroatoms. The van der Waals surface area contributed by atoms with Crippen LogP contribution in [0.5, 0.6) is 5.75 Å². The molecule has 92 valence electrons. The van der Waals surface area contributed by atoms with E-state index in [1.165, 1.54) is 5.06 Å². The smallest absolute Gasteiger partial charge is 0.257 e. The molecule has 0 N–H and O–H groups in total. The number of nitriles is 1. The largest absolute Gasteiger partial charge is 0.377 e. The molecule has 0 spiro atoms. The Hall–Kier alpha value is -2.35. The molecular weight excluding hydrogens is 232 g/mol. The van der Waals surface area contributed by atoms with Crippen LogP contribution in [-0.2, 0) is 4.79 Å². The van der Waals surface area contributed by atoms with Gasteiger partial charge in [0.05, 0.1) is 19.0 Å². The summed E-state index contributed by atoms with van der Waals surface area (Å²) in [5, 5.41) is 9.69. The highest BCUT2D eigenvalue weighted by molar-refractivity contribution is 5.96. The summed E-state index contributed by atoms with van der Waals surface area (Å²) in [7, 11) is 0. The summed E-state index contributed by atoms with van der Waals surface area (Å²) in [6.07, 6.45) is 0.964. The highest BCUT2D eigenvalue weighted by Crippen LogP contribution is 2.18. The van der Waals surface area contributed by atoms with E-state index in [0.29, 0.717) is 24.3 Å². The normalized spacial score (nSPS) is 13.7. The van der Waals surface area contributed by atoms with Gasteiger partial charge in [0.1, 0.15) is 0 Å². The molecule has 18 heavy (non-hydrogen) atoms. The van der Waals surface area contributed by atoms with Gasteiger partial charge in [-0.05, 0) is 24.3 Å². The average Bonchev–Trinajstić information content (AvgIpc) is 2.41. The zero-order valence-corrected chi connectivity index (χ0v) is 9.76. The lowest BCUT2D eigenvalue weighted by Gasteiger charge is -2.29. The standard InChI is InChI=1S/C13H12N2O3/c14-8-1-2-12(16)10-3-5-11(6-4-10)18-15-9-7-13(15)17/h3-6H,1-2,7,9H2. The number of amides is 1. The minimum absolute atomic E-state index is 0.0378. The molecule has 0 aromatic heterocycles. The first kappa shape index (κ1) is 12.1. The quantitative estimate of drug-likeness (QED) is 0.583. The lowest BCUT2D eigenvalue weighted by atomic mass is 10.1. The predicted molar refractivity (Wildman–Crippen MR) is 62.6 cm³/mol. The topological polar surface area (TPSA) is 70.4 Å². The lowest BCUT2D eigenvalue weighted by Crippen LogP contribution is -2.45. The number of nitrogens with zero attached hydrogens (tertiary/aromatic N) is 2. The van der Waals surface area contributed by atoms with E-state index in [1.807, 2.05) is 6.07 Å². The molecule has 1 amide bonds. The summed E-state index contributed by atoms with van der Waals surface area (Å²) in [5.41, 5.74) is 0.549. The third-order valence-electron chi connectivity index (χ3n) is 2.66. The van der Waals surface area contributed by atoms with Crippen LogP contribution < -0.4 is 4.84 Å². The number of carbonyl (C=O) groups excluding carboxylic acids is 2. The number of hydroxylamine groups is 2. The maximum absolute atomic E-state index is 11.6. The second kappa shape index (κ2) is 5.32. The molecule has 1 aromatic carbocycles. The summed E-state index contributed by atoms with van der Waals surface area (Å²) >= 11 is 0. The zero-order valence-electron chi connectivity index (χ0n) is 9.76. The average molecular weight is 244 g/mol. The van der Waals surface area contributed by atoms with Crippen LogP contribution in [0, 0.1) is 11.3 Å². The molecule has 2 rings (SSSR count). The fraction of sp³-hybridized carbons (Fsp3) is 0.308. The molecule has 1 aliphatic heterocycles. The lowest BCUT2D eigenvalue weighted by molar-refractivity contribution is -0.174. The van der Waals surface area contributed by atoms with Gasteiger partial charge in [-0.3, -0.25) is 9.59 Å². The van der Waals surface area contributed by atoms with E-state index < -0.39 is 0 Å². The third-order valence-corrected chi connectivity index (χ3v) is 2.66. The van der Waals surface area contributed by atoms with Gasteiger partial charge >= 0.3 is 0 Å². The maximum atomic E-state index is 11.6. The molecule has 0 saturated carbocycles. The van der Waals surface area contributed by atoms with E-state index in [-0.39, 0.29) is 24.5 Å². The van der Waals surface area contributed by atoms with Crippen LogP contribution >= 0.6 is 0 Å². The Balaban J connectivity index is 1.95. The molecule has 1 fully saturated rings. The van der Waals surface area contributed by atoms with Crippen LogP contribution in [0.1, 0.15) is 29.6 Å². The van der Waals surface area contributed by atoms with Crippen molar-refractivity contribution in [2.75, 3.05) is 6.54 Å². The van der Waals surface area contributed by atoms with Crippen molar-refractivity contribution in [3.05, 3.63) is 29.8 Å². The van der Waals surface area contributed by atoms with Gasteiger partial charge in [0.25, 0.3) is 5.91 Å². The predicted octanol–water partition coefficient (Wildman–Crippen LogP) is 1.70. The summed E-state index contributed by atoms with van der Waals surface area (Å²) in [4.78, 5) is 27.9. The van der Waals surface area contributed by atoms with Gasteiger partial charge in [0, 0.05) is 18.4 Å². The fourth-order valence-corrected chi connectivity index (χ4v) is 1.53. The van der Waals surface area contributed by atoms with E-state index in [9.17, 15) is 9.59 Å². The van der Waals surface area contributed by atoms with E-state index in [0.717, 1.165) is 0 Å². The fourth-order valence-electron chi connectivity index (χ4n) is 1.53. The second-order valence-electron chi connectivity index (χ2n) is 3.94. The minimum atomic E-state index is -0.0665. The summed E-state index contributed by atoms with van der Waals surface area (Å²) < 4.78 is 0. The van der Waals surface area contributed by atoms with Gasteiger partial charge in [0.2, 0.25) is 0 Å². The Labute approximate surface area is 105 Å². The SMILES string of the molecule is N#CCCC(=O)c1ccc(ON2CCC2=O)cc1. The molecule has 1 aromatic rings. The molecule has 1 aliphatic rings. The number of β-lactam (4-membered cyclic amide) rings is 1. The van der Waals surface area contributed by atoms with Crippen molar-refractivity contribution >= 4 is 11.7 Å². The van der Waals surface area contributed by atoms with Crippen molar-refractivity contribution in [2.24, 2.45) is 0 Å². The molecule has 0 aliphatic carbocycles. The number of hydrogen-bond donors (Lipinski definition) is 0. The molecular formula is C13H12N2O3. The van der Waals surface area contributed by atoms with Gasteiger partial charge in [-0.15, -0.1) is 0 Å². The molecule has 1 heterocycles. The molecule has 0 atom stereocenters. The van der Waals surface area contributed by atoms with E-state index in [1.54, 1.807) is 24.3 Å². The van der Waals surface area contributed by atoms with E-state index >= 15 is 0 Å². The Bertz CT molecular complexity index is 502. The van der Waals surface area contributed by atoms with Crippen LogP contribution in [0.4, 0.5) is 0 Å². The number of Topliss-reactive ketones (excluding diaryl/α,β-unsaturated/α-hetero) is 1. The Kier molecular flexibility index (Phi) is 3.58. The Morgan fingerprint density at radius 3 is 2.61 bits per heavy atom. The maximum Gasteiger partial charge on any atom is 0.257 e. The van der Waals surface area contributed by atoms with Gasteiger partial charge in [-0.2, -0.15) is 10.3 Å². The van der Waals surface area contributed by atoms with Crippen molar-refractivity contribution in [3.63, 3.8) is 0 Å². The number of benzene rings is 1. The van der Waals surface area contributed by atoms with Crippen molar-refractivity contribution in [2.45, 2.75) is 19.3 Å². The third kappa shape index (κ3) is 2.66. The minimum Gasteiger partial charge on any atom is -0.377 e. The Morgan fingerprint density at radius 2 is 2.11 bits per heavy atom.